The van der Waals surface area contributed by atoms with Crippen molar-refractivity contribution in [2.45, 2.75) is 0 Å². The average Bonchev–Trinajstić information content (AvgIpc) is 3.52. The van der Waals surface area contributed by atoms with Crippen molar-refractivity contribution in [3.8, 4) is 56.0 Å². The van der Waals surface area contributed by atoms with E-state index in [9.17, 15) is 0 Å². The maximum absolute atomic E-state index is 6.48. The molecule has 0 aliphatic rings. The molecule has 2 aromatic heterocycles. The normalized spacial score (nSPS) is 11.4. The van der Waals surface area contributed by atoms with Crippen molar-refractivity contribution in [1.82, 2.24) is 9.97 Å². The highest BCUT2D eigenvalue weighted by atomic mass is 16.3. The van der Waals surface area contributed by atoms with Crippen LogP contribution in [0.3, 0.4) is 0 Å². The summed E-state index contributed by atoms with van der Waals surface area (Å²) < 4.78 is 6.48. The van der Waals surface area contributed by atoms with Crippen LogP contribution in [0.5, 0.6) is 0 Å². The second-order valence-corrected chi connectivity index (χ2v) is 11.8. The standard InChI is InChI=1S/C44H28N2O/c1-3-10-29(11-4-1)31-18-20-32(21-19-31)34-22-24-37-38-25-23-36(28-42(38)47-41(37)27-34)44-45-40-17-8-7-16-39(40)43(46-44)35-15-9-14-33(26-35)30-12-5-2-6-13-30/h1-28H. The van der Waals surface area contributed by atoms with Gasteiger partial charge in [0.05, 0.1) is 11.2 Å². The van der Waals surface area contributed by atoms with Gasteiger partial charge >= 0.3 is 0 Å². The van der Waals surface area contributed by atoms with Crippen LogP contribution < -0.4 is 0 Å². The molecule has 0 radical (unpaired) electrons. The molecule has 0 aliphatic heterocycles. The lowest BCUT2D eigenvalue weighted by atomic mass is 9.99. The third-order valence-electron chi connectivity index (χ3n) is 8.90. The van der Waals surface area contributed by atoms with Crippen LogP contribution >= 0.6 is 0 Å². The summed E-state index contributed by atoms with van der Waals surface area (Å²) in [6.45, 7) is 0. The molecule has 0 aliphatic carbocycles. The number of aromatic nitrogens is 2. The van der Waals surface area contributed by atoms with Gasteiger partial charge in [-0.3, -0.25) is 0 Å². The number of para-hydroxylation sites is 1. The molecule has 3 nitrogen and oxygen atoms in total. The highest BCUT2D eigenvalue weighted by molar-refractivity contribution is 6.07. The lowest BCUT2D eigenvalue weighted by molar-refractivity contribution is 0.669. The molecule has 2 heterocycles. The van der Waals surface area contributed by atoms with E-state index in [0.717, 1.165) is 66.4 Å². The van der Waals surface area contributed by atoms with Crippen molar-refractivity contribution in [3.63, 3.8) is 0 Å². The van der Waals surface area contributed by atoms with E-state index in [1.807, 2.05) is 24.3 Å². The van der Waals surface area contributed by atoms with E-state index in [0.29, 0.717) is 5.82 Å². The lowest BCUT2D eigenvalue weighted by Gasteiger charge is -2.11. The summed E-state index contributed by atoms with van der Waals surface area (Å²) in [5.74, 6) is 0.672. The Labute approximate surface area is 272 Å². The molecule has 0 spiro atoms. The molecule has 3 heteroatoms. The minimum Gasteiger partial charge on any atom is -0.456 e. The van der Waals surface area contributed by atoms with E-state index in [1.54, 1.807) is 0 Å². The molecule has 0 unspecified atom stereocenters. The average molecular weight is 601 g/mol. The SMILES string of the molecule is c1ccc(-c2ccc(-c3ccc4c(c3)oc3cc(-c5nc(-c6cccc(-c7ccccc7)c6)c6ccccc6n5)ccc34)cc2)cc1. The first kappa shape index (κ1) is 27.0. The Balaban J connectivity index is 1.10. The molecule has 0 bridgehead atoms. The van der Waals surface area contributed by atoms with Crippen LogP contribution in [0.15, 0.2) is 174 Å². The first-order valence-corrected chi connectivity index (χ1v) is 15.8. The summed E-state index contributed by atoms with van der Waals surface area (Å²) in [5, 5.41) is 3.19. The van der Waals surface area contributed by atoms with E-state index in [4.69, 9.17) is 14.4 Å². The number of fused-ring (bicyclic) bond motifs is 4. The van der Waals surface area contributed by atoms with Gasteiger partial charge in [-0.1, -0.05) is 133 Å². The van der Waals surface area contributed by atoms with Crippen LogP contribution in [-0.4, -0.2) is 9.97 Å². The number of rotatable bonds is 5. The molecule has 0 N–H and O–H groups in total. The third kappa shape index (κ3) is 4.95. The fourth-order valence-corrected chi connectivity index (χ4v) is 6.48. The summed E-state index contributed by atoms with van der Waals surface area (Å²) in [7, 11) is 0. The van der Waals surface area contributed by atoms with Crippen molar-refractivity contribution >= 4 is 32.8 Å². The van der Waals surface area contributed by atoms with Crippen molar-refractivity contribution < 1.29 is 4.42 Å². The molecule has 9 aromatic rings. The van der Waals surface area contributed by atoms with Gasteiger partial charge in [-0.15, -0.1) is 0 Å². The molecule has 0 saturated carbocycles. The number of nitrogens with zero attached hydrogens (tertiary/aromatic N) is 2. The summed E-state index contributed by atoms with van der Waals surface area (Å²) >= 11 is 0. The zero-order valence-corrected chi connectivity index (χ0v) is 25.5. The Morgan fingerprint density at radius 2 is 0.809 bits per heavy atom. The predicted octanol–water partition coefficient (Wildman–Crippen LogP) is 11.9. The summed E-state index contributed by atoms with van der Waals surface area (Å²) in [6, 6.07) is 59.2. The lowest BCUT2D eigenvalue weighted by Crippen LogP contribution is -1.95. The molecule has 0 amide bonds. The number of hydrogen-bond donors (Lipinski definition) is 0. The van der Waals surface area contributed by atoms with Crippen molar-refractivity contribution in [2.75, 3.05) is 0 Å². The highest BCUT2D eigenvalue weighted by Gasteiger charge is 2.15. The van der Waals surface area contributed by atoms with Gasteiger partial charge < -0.3 is 4.42 Å². The smallest absolute Gasteiger partial charge is 0.160 e. The quantitative estimate of drug-likeness (QED) is 0.197. The molecule has 0 atom stereocenters. The van der Waals surface area contributed by atoms with Gasteiger partial charge in [-0.05, 0) is 69.8 Å². The predicted molar refractivity (Wildman–Crippen MR) is 194 cm³/mol. The molecule has 0 fully saturated rings. The molecular formula is C44H28N2O. The molecule has 220 valence electrons. The second kappa shape index (κ2) is 11.2. The zero-order chi connectivity index (χ0) is 31.2. The van der Waals surface area contributed by atoms with E-state index >= 15 is 0 Å². The first-order valence-electron chi connectivity index (χ1n) is 15.8. The van der Waals surface area contributed by atoms with Gasteiger partial charge in [0.25, 0.3) is 0 Å². The van der Waals surface area contributed by atoms with Gasteiger partial charge in [0, 0.05) is 27.3 Å². The zero-order valence-electron chi connectivity index (χ0n) is 25.5. The maximum atomic E-state index is 6.48. The number of hydrogen-bond acceptors (Lipinski definition) is 3. The van der Waals surface area contributed by atoms with E-state index < -0.39 is 0 Å². The van der Waals surface area contributed by atoms with Gasteiger partial charge in [0.2, 0.25) is 0 Å². The van der Waals surface area contributed by atoms with Crippen molar-refractivity contribution in [2.24, 2.45) is 0 Å². The largest absolute Gasteiger partial charge is 0.456 e. The van der Waals surface area contributed by atoms with Crippen LogP contribution in [0.4, 0.5) is 0 Å². The molecule has 9 rings (SSSR count). The van der Waals surface area contributed by atoms with Crippen LogP contribution in [0.25, 0.3) is 88.9 Å². The van der Waals surface area contributed by atoms with Crippen molar-refractivity contribution in [1.29, 1.82) is 0 Å². The van der Waals surface area contributed by atoms with Crippen LogP contribution in [0, 0.1) is 0 Å². The number of benzene rings is 7. The Morgan fingerprint density at radius 3 is 1.53 bits per heavy atom. The fourth-order valence-electron chi connectivity index (χ4n) is 6.48. The summed E-state index contributed by atoms with van der Waals surface area (Å²) in [4.78, 5) is 10.2. The van der Waals surface area contributed by atoms with Gasteiger partial charge in [-0.25, -0.2) is 9.97 Å². The Kier molecular flexibility index (Phi) is 6.46. The van der Waals surface area contributed by atoms with Crippen LogP contribution in [0.2, 0.25) is 0 Å². The van der Waals surface area contributed by atoms with Crippen molar-refractivity contribution in [3.05, 3.63) is 170 Å². The molecule has 0 saturated heterocycles. The van der Waals surface area contributed by atoms with Crippen LogP contribution in [-0.2, 0) is 0 Å². The minimum absolute atomic E-state index is 0.672. The highest BCUT2D eigenvalue weighted by Crippen LogP contribution is 2.36. The monoisotopic (exact) mass is 600 g/mol. The fraction of sp³-hybridized carbons (Fsp3) is 0. The molecule has 47 heavy (non-hydrogen) atoms. The van der Waals surface area contributed by atoms with Crippen LogP contribution in [0.1, 0.15) is 0 Å². The number of furan rings is 1. The van der Waals surface area contributed by atoms with Gasteiger partial charge in [-0.2, -0.15) is 0 Å². The first-order chi connectivity index (χ1) is 23.3. The van der Waals surface area contributed by atoms with Gasteiger partial charge in [0.1, 0.15) is 11.2 Å². The topological polar surface area (TPSA) is 38.9 Å². The minimum atomic E-state index is 0.672. The Bertz CT molecular complexity index is 2550. The Hall–Kier alpha value is -6.32. The summed E-state index contributed by atoms with van der Waals surface area (Å²) in [5.41, 5.74) is 12.5. The third-order valence-corrected chi connectivity index (χ3v) is 8.90. The maximum Gasteiger partial charge on any atom is 0.160 e. The molecular weight excluding hydrogens is 572 g/mol. The summed E-state index contributed by atoms with van der Waals surface area (Å²) in [6.07, 6.45) is 0. The van der Waals surface area contributed by atoms with Gasteiger partial charge in [0.15, 0.2) is 5.82 Å². The van der Waals surface area contributed by atoms with E-state index in [1.165, 1.54) is 16.7 Å². The Morgan fingerprint density at radius 1 is 0.319 bits per heavy atom. The van der Waals surface area contributed by atoms with E-state index in [-0.39, 0.29) is 0 Å². The van der Waals surface area contributed by atoms with E-state index in [2.05, 4.69) is 146 Å². The second-order valence-electron chi connectivity index (χ2n) is 11.8. The molecule has 7 aromatic carbocycles.